The van der Waals surface area contributed by atoms with Crippen LogP contribution in [0.5, 0.6) is 0 Å². The zero-order chi connectivity index (χ0) is 16.0. The zero-order valence-corrected chi connectivity index (χ0v) is 13.0. The number of aryl methyl sites for hydroxylation is 1. The standard InChI is InChI=1S/C18H18N4O/c1-10-16(13-4-5-14(8-19)20-9-13)18(23)22-17(21-10)15-7-11-2-3-12(15)6-11/h4-5,9,11-12,15H,2-3,6-7H2,1H3,(H,21,22,23). The van der Waals surface area contributed by atoms with Crippen LogP contribution in [0.4, 0.5) is 0 Å². The molecule has 4 rings (SSSR count). The van der Waals surface area contributed by atoms with Gasteiger partial charge in [0.2, 0.25) is 0 Å². The van der Waals surface area contributed by atoms with Gasteiger partial charge < -0.3 is 4.98 Å². The number of fused-ring (bicyclic) bond motifs is 2. The second-order valence-corrected chi connectivity index (χ2v) is 6.74. The SMILES string of the molecule is Cc1nc(C2CC3CCC2C3)[nH]c(=O)c1-c1ccc(C#N)nc1. The van der Waals surface area contributed by atoms with Crippen LogP contribution in [0.1, 0.15) is 48.8 Å². The average Bonchev–Trinajstić information content (AvgIpc) is 3.18. The Hall–Kier alpha value is -2.48. The Kier molecular flexibility index (Phi) is 3.26. The highest BCUT2D eigenvalue weighted by Gasteiger charge is 2.41. The average molecular weight is 306 g/mol. The highest BCUT2D eigenvalue weighted by molar-refractivity contribution is 5.64. The van der Waals surface area contributed by atoms with Gasteiger partial charge in [0.05, 0.1) is 11.3 Å². The molecule has 0 radical (unpaired) electrons. The van der Waals surface area contributed by atoms with Crippen molar-refractivity contribution in [3.05, 3.63) is 45.9 Å². The van der Waals surface area contributed by atoms with E-state index in [9.17, 15) is 4.79 Å². The number of rotatable bonds is 2. The number of nitrogens with zero attached hydrogens (tertiary/aromatic N) is 3. The largest absolute Gasteiger partial charge is 0.310 e. The number of hydrogen-bond donors (Lipinski definition) is 1. The van der Waals surface area contributed by atoms with E-state index in [2.05, 4.69) is 9.97 Å². The Balaban J connectivity index is 1.72. The molecule has 2 bridgehead atoms. The molecule has 0 saturated heterocycles. The molecule has 3 unspecified atom stereocenters. The quantitative estimate of drug-likeness (QED) is 0.924. The monoisotopic (exact) mass is 306 g/mol. The fourth-order valence-corrected chi connectivity index (χ4v) is 4.31. The van der Waals surface area contributed by atoms with Gasteiger partial charge in [0.25, 0.3) is 5.56 Å². The minimum absolute atomic E-state index is 0.109. The van der Waals surface area contributed by atoms with Gasteiger partial charge >= 0.3 is 0 Å². The molecule has 2 saturated carbocycles. The molecule has 0 amide bonds. The van der Waals surface area contributed by atoms with Crippen molar-refractivity contribution in [1.29, 1.82) is 5.26 Å². The maximum absolute atomic E-state index is 12.6. The van der Waals surface area contributed by atoms with Crippen molar-refractivity contribution in [3.63, 3.8) is 0 Å². The summed E-state index contributed by atoms with van der Waals surface area (Å²) in [6.07, 6.45) is 6.60. The van der Waals surface area contributed by atoms with Gasteiger partial charge in [-0.15, -0.1) is 0 Å². The Labute approximate surface area is 134 Å². The van der Waals surface area contributed by atoms with E-state index in [0.717, 1.165) is 23.9 Å². The Bertz CT molecular complexity index is 847. The second-order valence-electron chi connectivity index (χ2n) is 6.74. The molecule has 3 atom stereocenters. The third kappa shape index (κ3) is 2.35. The molecule has 1 N–H and O–H groups in total. The first kappa shape index (κ1) is 14.1. The first-order valence-electron chi connectivity index (χ1n) is 8.13. The zero-order valence-electron chi connectivity index (χ0n) is 13.0. The molecule has 116 valence electrons. The van der Waals surface area contributed by atoms with Crippen molar-refractivity contribution in [2.45, 2.75) is 38.5 Å². The summed E-state index contributed by atoms with van der Waals surface area (Å²) in [6.45, 7) is 1.87. The normalized spacial score (nSPS) is 25.5. The van der Waals surface area contributed by atoms with Gasteiger partial charge in [0, 0.05) is 17.7 Å². The van der Waals surface area contributed by atoms with Crippen LogP contribution in [0, 0.1) is 30.1 Å². The number of aromatic amines is 1. The summed E-state index contributed by atoms with van der Waals surface area (Å²) in [5.74, 6) is 2.77. The smallest absolute Gasteiger partial charge is 0.259 e. The van der Waals surface area contributed by atoms with Crippen molar-refractivity contribution in [2.24, 2.45) is 11.8 Å². The van der Waals surface area contributed by atoms with E-state index in [0.29, 0.717) is 28.7 Å². The van der Waals surface area contributed by atoms with Gasteiger partial charge in [-0.25, -0.2) is 9.97 Å². The molecule has 0 spiro atoms. The number of pyridine rings is 1. The first-order valence-corrected chi connectivity index (χ1v) is 8.13. The summed E-state index contributed by atoms with van der Waals surface area (Å²) in [4.78, 5) is 24.4. The molecule has 2 aliphatic carbocycles. The van der Waals surface area contributed by atoms with Gasteiger partial charge in [-0.1, -0.05) is 6.42 Å². The maximum atomic E-state index is 12.6. The van der Waals surface area contributed by atoms with Gasteiger partial charge in [-0.05, 0) is 50.2 Å². The van der Waals surface area contributed by atoms with Gasteiger partial charge in [-0.3, -0.25) is 4.79 Å². The summed E-state index contributed by atoms with van der Waals surface area (Å²) >= 11 is 0. The second kappa shape index (κ2) is 5.31. The summed E-state index contributed by atoms with van der Waals surface area (Å²) in [5.41, 5.74) is 2.22. The highest BCUT2D eigenvalue weighted by atomic mass is 16.1. The van der Waals surface area contributed by atoms with E-state index >= 15 is 0 Å². The summed E-state index contributed by atoms with van der Waals surface area (Å²) in [5, 5.41) is 8.82. The summed E-state index contributed by atoms with van der Waals surface area (Å²) < 4.78 is 0. The van der Waals surface area contributed by atoms with E-state index in [1.54, 1.807) is 18.3 Å². The van der Waals surface area contributed by atoms with Crippen LogP contribution in [0.2, 0.25) is 0 Å². The molecule has 2 aromatic heterocycles. The molecule has 23 heavy (non-hydrogen) atoms. The number of nitrogens with one attached hydrogen (secondary N) is 1. The lowest BCUT2D eigenvalue weighted by molar-refractivity contribution is 0.404. The maximum Gasteiger partial charge on any atom is 0.259 e. The molecule has 2 aliphatic rings. The lowest BCUT2D eigenvalue weighted by atomic mass is 9.88. The molecule has 5 nitrogen and oxygen atoms in total. The van der Waals surface area contributed by atoms with E-state index in [-0.39, 0.29) is 5.56 Å². The molecule has 5 heteroatoms. The van der Waals surface area contributed by atoms with Crippen LogP contribution in [-0.2, 0) is 0 Å². The van der Waals surface area contributed by atoms with Gasteiger partial charge in [0.15, 0.2) is 0 Å². The third-order valence-electron chi connectivity index (χ3n) is 5.37. The molecule has 0 aliphatic heterocycles. The van der Waals surface area contributed by atoms with Crippen molar-refractivity contribution in [1.82, 2.24) is 15.0 Å². The van der Waals surface area contributed by atoms with Gasteiger partial charge in [0.1, 0.15) is 17.6 Å². The topological polar surface area (TPSA) is 82.4 Å². The molecular formula is C18H18N4O. The predicted molar refractivity (Wildman–Crippen MR) is 85.7 cm³/mol. The van der Waals surface area contributed by atoms with Crippen LogP contribution in [0.15, 0.2) is 23.1 Å². The summed E-state index contributed by atoms with van der Waals surface area (Å²) in [7, 11) is 0. The Morgan fingerprint density at radius 2 is 2.17 bits per heavy atom. The van der Waals surface area contributed by atoms with Crippen molar-refractivity contribution < 1.29 is 0 Å². The summed E-state index contributed by atoms with van der Waals surface area (Å²) in [6, 6.07) is 5.36. The minimum Gasteiger partial charge on any atom is -0.310 e. The fraction of sp³-hybridized carbons (Fsp3) is 0.444. The number of hydrogen-bond acceptors (Lipinski definition) is 4. The van der Waals surface area contributed by atoms with Crippen molar-refractivity contribution >= 4 is 0 Å². The van der Waals surface area contributed by atoms with Crippen LogP contribution < -0.4 is 5.56 Å². The van der Waals surface area contributed by atoms with E-state index in [4.69, 9.17) is 10.2 Å². The molecule has 2 heterocycles. The fourth-order valence-electron chi connectivity index (χ4n) is 4.31. The Morgan fingerprint density at radius 1 is 1.30 bits per heavy atom. The molecular weight excluding hydrogens is 288 g/mol. The van der Waals surface area contributed by atoms with Crippen LogP contribution in [0.25, 0.3) is 11.1 Å². The van der Waals surface area contributed by atoms with Crippen molar-refractivity contribution in [2.75, 3.05) is 0 Å². The third-order valence-corrected chi connectivity index (χ3v) is 5.37. The number of H-pyrrole nitrogens is 1. The highest BCUT2D eigenvalue weighted by Crippen LogP contribution is 2.52. The van der Waals surface area contributed by atoms with E-state index < -0.39 is 0 Å². The molecule has 2 aromatic rings. The lowest BCUT2D eigenvalue weighted by Gasteiger charge is -2.21. The number of nitriles is 1. The lowest BCUT2D eigenvalue weighted by Crippen LogP contribution is -2.21. The van der Waals surface area contributed by atoms with Crippen LogP contribution >= 0.6 is 0 Å². The van der Waals surface area contributed by atoms with Crippen molar-refractivity contribution in [3.8, 4) is 17.2 Å². The first-order chi connectivity index (χ1) is 11.2. The molecule has 2 fully saturated rings. The predicted octanol–water partition coefficient (Wildman–Crippen LogP) is 2.92. The van der Waals surface area contributed by atoms with E-state index in [1.807, 2.05) is 13.0 Å². The minimum atomic E-state index is -0.109. The van der Waals surface area contributed by atoms with E-state index in [1.165, 1.54) is 19.3 Å². The van der Waals surface area contributed by atoms with Crippen LogP contribution in [-0.4, -0.2) is 15.0 Å². The van der Waals surface area contributed by atoms with Gasteiger partial charge in [-0.2, -0.15) is 5.26 Å². The number of aromatic nitrogens is 3. The Morgan fingerprint density at radius 3 is 2.74 bits per heavy atom. The van der Waals surface area contributed by atoms with Crippen LogP contribution in [0.3, 0.4) is 0 Å². The molecule has 0 aromatic carbocycles.